The van der Waals surface area contributed by atoms with Gasteiger partial charge in [0.15, 0.2) is 0 Å². The maximum atomic E-state index is 12.5. The summed E-state index contributed by atoms with van der Waals surface area (Å²) in [6.07, 6.45) is 5.98. The first-order chi connectivity index (χ1) is 16.1. The van der Waals surface area contributed by atoms with Crippen LogP contribution in [-0.4, -0.2) is 15.9 Å². The number of hydrogen-bond acceptors (Lipinski definition) is 4. The molecule has 0 aliphatic carbocycles. The zero-order chi connectivity index (χ0) is 23.0. The van der Waals surface area contributed by atoms with Crippen LogP contribution in [0.1, 0.15) is 42.3 Å². The van der Waals surface area contributed by atoms with Gasteiger partial charge >= 0.3 is 0 Å². The van der Waals surface area contributed by atoms with Crippen molar-refractivity contribution in [2.24, 2.45) is 0 Å². The normalized spacial score (nSPS) is 10.8. The minimum absolute atomic E-state index is 0.00479. The SMILES string of the molecule is CCc1nc(-c2cccc(C)c2)c(-c2ccnc(NC(=O)CCCCc3ccccc3)c2)s1. The summed E-state index contributed by atoms with van der Waals surface area (Å²) in [5.41, 5.74) is 5.65. The third-order valence-electron chi connectivity index (χ3n) is 5.52. The molecule has 0 saturated carbocycles. The minimum Gasteiger partial charge on any atom is -0.311 e. The highest BCUT2D eigenvalue weighted by atomic mass is 32.1. The van der Waals surface area contributed by atoms with Crippen molar-refractivity contribution >= 4 is 23.1 Å². The van der Waals surface area contributed by atoms with Gasteiger partial charge in [0, 0.05) is 18.2 Å². The first-order valence-electron chi connectivity index (χ1n) is 11.5. The Morgan fingerprint density at radius 1 is 0.970 bits per heavy atom. The lowest BCUT2D eigenvalue weighted by molar-refractivity contribution is -0.116. The largest absolute Gasteiger partial charge is 0.311 e. The van der Waals surface area contributed by atoms with E-state index in [1.807, 2.05) is 18.2 Å². The van der Waals surface area contributed by atoms with E-state index in [1.54, 1.807) is 17.5 Å². The Morgan fingerprint density at radius 2 is 1.82 bits per heavy atom. The number of pyridine rings is 1. The maximum absolute atomic E-state index is 12.5. The number of aromatic nitrogens is 2. The van der Waals surface area contributed by atoms with E-state index in [9.17, 15) is 4.79 Å². The molecule has 0 radical (unpaired) electrons. The number of benzene rings is 2. The van der Waals surface area contributed by atoms with Crippen LogP contribution >= 0.6 is 11.3 Å². The zero-order valence-corrected chi connectivity index (χ0v) is 20.0. The molecule has 2 aromatic carbocycles. The molecule has 0 saturated heterocycles. The summed E-state index contributed by atoms with van der Waals surface area (Å²) < 4.78 is 0. The molecule has 0 aliphatic rings. The molecule has 0 unspecified atom stereocenters. The lowest BCUT2D eigenvalue weighted by Crippen LogP contribution is -2.12. The van der Waals surface area contributed by atoms with Crippen LogP contribution in [0.2, 0.25) is 0 Å². The molecule has 4 rings (SSSR count). The molecular formula is C28H29N3OS. The summed E-state index contributed by atoms with van der Waals surface area (Å²) >= 11 is 1.70. The number of aryl methyl sites for hydroxylation is 3. The average molecular weight is 456 g/mol. The second-order valence-electron chi connectivity index (χ2n) is 8.18. The number of thiazole rings is 1. The fourth-order valence-electron chi connectivity index (χ4n) is 3.80. The summed E-state index contributed by atoms with van der Waals surface area (Å²) in [5.74, 6) is 0.590. The molecule has 1 N–H and O–H groups in total. The minimum atomic E-state index is 0.00479. The third kappa shape index (κ3) is 6.14. The topological polar surface area (TPSA) is 54.9 Å². The number of carbonyl (C=O) groups excluding carboxylic acids is 1. The van der Waals surface area contributed by atoms with Crippen LogP contribution in [-0.2, 0) is 17.6 Å². The van der Waals surface area contributed by atoms with E-state index < -0.39 is 0 Å². The molecule has 0 fully saturated rings. The van der Waals surface area contributed by atoms with E-state index in [0.29, 0.717) is 12.2 Å². The van der Waals surface area contributed by atoms with Gasteiger partial charge in [-0.25, -0.2) is 9.97 Å². The van der Waals surface area contributed by atoms with Gasteiger partial charge in [-0.2, -0.15) is 0 Å². The second kappa shape index (κ2) is 11.0. The lowest BCUT2D eigenvalue weighted by atomic mass is 10.1. The number of nitrogens with one attached hydrogen (secondary N) is 1. The highest BCUT2D eigenvalue weighted by Crippen LogP contribution is 2.37. The molecule has 0 bridgehead atoms. The maximum Gasteiger partial charge on any atom is 0.225 e. The Hall–Kier alpha value is -3.31. The van der Waals surface area contributed by atoms with Crippen molar-refractivity contribution in [2.75, 3.05) is 5.32 Å². The fraction of sp³-hybridized carbons (Fsp3) is 0.250. The molecule has 5 heteroatoms. The van der Waals surface area contributed by atoms with Gasteiger partial charge < -0.3 is 5.32 Å². The number of nitrogens with zero attached hydrogens (tertiary/aromatic N) is 2. The smallest absolute Gasteiger partial charge is 0.225 e. The van der Waals surface area contributed by atoms with Crippen LogP contribution in [0.15, 0.2) is 72.9 Å². The van der Waals surface area contributed by atoms with E-state index in [0.717, 1.165) is 52.4 Å². The van der Waals surface area contributed by atoms with E-state index >= 15 is 0 Å². The molecule has 168 valence electrons. The Labute approximate surface area is 199 Å². The van der Waals surface area contributed by atoms with Gasteiger partial charge in [0.2, 0.25) is 5.91 Å². The van der Waals surface area contributed by atoms with Crippen LogP contribution in [0, 0.1) is 6.92 Å². The number of anilines is 1. The Morgan fingerprint density at radius 3 is 2.61 bits per heavy atom. The van der Waals surface area contributed by atoms with Gasteiger partial charge in [0.25, 0.3) is 0 Å². The molecule has 0 atom stereocenters. The predicted molar refractivity (Wildman–Crippen MR) is 138 cm³/mol. The Balaban J connectivity index is 1.44. The molecular weight excluding hydrogens is 426 g/mol. The number of amides is 1. The van der Waals surface area contributed by atoms with Crippen LogP contribution in [0.4, 0.5) is 5.82 Å². The van der Waals surface area contributed by atoms with Crippen molar-refractivity contribution in [2.45, 2.75) is 46.0 Å². The molecule has 2 aromatic heterocycles. The summed E-state index contributed by atoms with van der Waals surface area (Å²) in [5, 5.41) is 4.07. The number of rotatable bonds is 9. The molecule has 33 heavy (non-hydrogen) atoms. The van der Waals surface area contributed by atoms with Crippen molar-refractivity contribution in [1.82, 2.24) is 9.97 Å². The second-order valence-corrected chi connectivity index (χ2v) is 9.26. The fourth-order valence-corrected chi connectivity index (χ4v) is 4.83. The first kappa shape index (κ1) is 22.9. The number of carbonyl (C=O) groups is 1. The number of unbranched alkanes of at least 4 members (excludes halogenated alkanes) is 1. The summed E-state index contributed by atoms with van der Waals surface area (Å²) in [7, 11) is 0. The zero-order valence-electron chi connectivity index (χ0n) is 19.2. The molecule has 2 heterocycles. The predicted octanol–water partition coefficient (Wildman–Crippen LogP) is 7.09. The summed E-state index contributed by atoms with van der Waals surface area (Å²) in [4.78, 5) is 22.9. The summed E-state index contributed by atoms with van der Waals surface area (Å²) in [6, 6.07) is 22.8. The monoisotopic (exact) mass is 455 g/mol. The molecule has 4 aromatic rings. The Bertz CT molecular complexity index is 1220. The van der Waals surface area contributed by atoms with E-state index in [1.165, 1.54) is 11.1 Å². The van der Waals surface area contributed by atoms with Crippen molar-refractivity contribution < 1.29 is 4.79 Å². The van der Waals surface area contributed by atoms with E-state index in [2.05, 4.69) is 72.7 Å². The van der Waals surface area contributed by atoms with Gasteiger partial charge in [-0.1, -0.05) is 61.0 Å². The van der Waals surface area contributed by atoms with Gasteiger partial charge in [0.05, 0.1) is 15.6 Å². The van der Waals surface area contributed by atoms with Crippen LogP contribution in [0.25, 0.3) is 21.7 Å². The molecule has 4 nitrogen and oxygen atoms in total. The standard InChI is InChI=1S/C28H29N3OS/c1-3-26-31-27(22-14-9-10-20(2)18-22)28(33-26)23-16-17-29-24(19-23)30-25(32)15-8-7-13-21-11-5-4-6-12-21/h4-6,9-12,14,16-19H,3,7-8,13,15H2,1-2H3,(H,29,30,32). The quantitative estimate of drug-likeness (QED) is 0.274. The average Bonchev–Trinajstić information content (AvgIpc) is 3.28. The number of hydrogen-bond donors (Lipinski definition) is 1. The van der Waals surface area contributed by atoms with Gasteiger partial charge in [-0.05, 0) is 61.9 Å². The van der Waals surface area contributed by atoms with Crippen molar-refractivity contribution in [1.29, 1.82) is 0 Å². The third-order valence-corrected chi connectivity index (χ3v) is 6.77. The van der Waals surface area contributed by atoms with Gasteiger partial charge in [-0.15, -0.1) is 11.3 Å². The van der Waals surface area contributed by atoms with Crippen LogP contribution in [0.5, 0.6) is 0 Å². The lowest BCUT2D eigenvalue weighted by Gasteiger charge is -2.08. The first-order valence-corrected chi connectivity index (χ1v) is 12.3. The molecule has 0 aliphatic heterocycles. The Kier molecular flexibility index (Phi) is 7.63. The van der Waals surface area contributed by atoms with E-state index in [-0.39, 0.29) is 5.91 Å². The summed E-state index contributed by atoms with van der Waals surface area (Å²) in [6.45, 7) is 4.22. The van der Waals surface area contributed by atoms with Gasteiger partial charge in [0.1, 0.15) is 5.82 Å². The van der Waals surface area contributed by atoms with Crippen molar-refractivity contribution in [3.63, 3.8) is 0 Å². The van der Waals surface area contributed by atoms with Crippen LogP contribution in [0.3, 0.4) is 0 Å². The van der Waals surface area contributed by atoms with Crippen molar-refractivity contribution in [3.05, 3.63) is 89.1 Å². The molecule has 1 amide bonds. The molecule has 0 spiro atoms. The highest BCUT2D eigenvalue weighted by molar-refractivity contribution is 7.15. The van der Waals surface area contributed by atoms with Crippen molar-refractivity contribution in [3.8, 4) is 21.7 Å². The van der Waals surface area contributed by atoms with Crippen LogP contribution < -0.4 is 5.32 Å². The van der Waals surface area contributed by atoms with Gasteiger partial charge in [-0.3, -0.25) is 4.79 Å². The highest BCUT2D eigenvalue weighted by Gasteiger charge is 2.15. The van der Waals surface area contributed by atoms with E-state index in [4.69, 9.17) is 4.98 Å².